The van der Waals surface area contributed by atoms with E-state index in [2.05, 4.69) is 15.9 Å². The van der Waals surface area contributed by atoms with E-state index < -0.39 is 5.92 Å². The lowest BCUT2D eigenvalue weighted by Crippen LogP contribution is -2.10. The van der Waals surface area contributed by atoms with Gasteiger partial charge in [0, 0.05) is 10.9 Å². The second-order valence-electron chi connectivity index (χ2n) is 3.16. The minimum Gasteiger partial charge on any atom is -0.207 e. The number of aryl methyl sites for hydroxylation is 1. The van der Waals surface area contributed by atoms with Crippen molar-refractivity contribution in [1.29, 1.82) is 0 Å². The van der Waals surface area contributed by atoms with Crippen molar-refractivity contribution >= 4 is 15.9 Å². The predicted octanol–water partition coefficient (Wildman–Crippen LogP) is 4.04. The Bertz CT molecular complexity index is 278. The van der Waals surface area contributed by atoms with Crippen molar-refractivity contribution in [3.63, 3.8) is 0 Å². The lowest BCUT2D eigenvalue weighted by atomic mass is 10.1. The van der Waals surface area contributed by atoms with Crippen molar-refractivity contribution in [2.45, 2.75) is 25.7 Å². The molecule has 1 aromatic carbocycles. The maximum atomic E-state index is 12.5. The molecule has 0 aliphatic heterocycles. The molecule has 0 spiro atoms. The Morgan fingerprint density at radius 2 is 1.92 bits per heavy atom. The molecule has 0 saturated carbocycles. The van der Waals surface area contributed by atoms with Crippen LogP contribution in [-0.2, 0) is 6.42 Å². The van der Waals surface area contributed by atoms with Crippen molar-refractivity contribution in [2.75, 3.05) is 0 Å². The molecule has 0 fully saturated rings. The molecule has 13 heavy (non-hydrogen) atoms. The van der Waals surface area contributed by atoms with Gasteiger partial charge < -0.3 is 0 Å². The Hall–Kier alpha value is -0.440. The van der Waals surface area contributed by atoms with Crippen molar-refractivity contribution in [3.8, 4) is 0 Å². The molecule has 0 aliphatic rings. The molecule has 3 heteroatoms. The highest BCUT2D eigenvalue weighted by atomic mass is 79.9. The molecule has 0 saturated heterocycles. The second-order valence-corrected chi connectivity index (χ2v) is 4.02. The smallest absolute Gasteiger partial charge is 0.207 e. The third kappa shape index (κ3) is 3.85. The number of rotatable bonds is 3. The quantitative estimate of drug-likeness (QED) is 0.758. The summed E-state index contributed by atoms with van der Waals surface area (Å²) in [5.41, 5.74) is 0.934. The first-order chi connectivity index (χ1) is 5.99. The Kier molecular flexibility index (Phi) is 3.42. The van der Waals surface area contributed by atoms with Crippen molar-refractivity contribution < 1.29 is 8.78 Å². The lowest BCUT2D eigenvalue weighted by Gasteiger charge is -2.10. The maximum absolute atomic E-state index is 12.5. The summed E-state index contributed by atoms with van der Waals surface area (Å²) >= 11 is 3.32. The van der Waals surface area contributed by atoms with Crippen LogP contribution in [0.1, 0.15) is 18.9 Å². The van der Waals surface area contributed by atoms with E-state index in [-0.39, 0.29) is 6.42 Å². The number of hydrogen-bond donors (Lipinski definition) is 0. The molecule has 0 aliphatic carbocycles. The molecule has 0 bridgehead atoms. The van der Waals surface area contributed by atoms with Gasteiger partial charge in [-0.3, -0.25) is 0 Å². The monoisotopic (exact) mass is 248 g/mol. The van der Waals surface area contributed by atoms with Gasteiger partial charge in [-0.2, -0.15) is 0 Å². The number of alkyl halides is 2. The Labute approximate surface area is 85.1 Å². The van der Waals surface area contributed by atoms with Crippen LogP contribution in [0.2, 0.25) is 0 Å². The Balaban J connectivity index is 2.60. The van der Waals surface area contributed by atoms with Crippen LogP contribution in [0, 0.1) is 0 Å². The van der Waals surface area contributed by atoms with Gasteiger partial charge in [0.05, 0.1) is 0 Å². The maximum Gasteiger partial charge on any atom is 0.245 e. The summed E-state index contributed by atoms with van der Waals surface area (Å²) in [5, 5.41) is 0. The normalized spacial score (nSPS) is 11.7. The average Bonchev–Trinajstić information content (AvgIpc) is 2.01. The van der Waals surface area contributed by atoms with E-state index in [1.807, 2.05) is 24.3 Å². The first-order valence-corrected chi connectivity index (χ1v) is 4.89. The molecule has 0 nitrogen and oxygen atoms in total. The molecule has 0 N–H and O–H groups in total. The summed E-state index contributed by atoms with van der Waals surface area (Å²) in [6, 6.07) is 7.45. The van der Waals surface area contributed by atoms with Crippen LogP contribution in [0.25, 0.3) is 0 Å². The highest BCUT2D eigenvalue weighted by Crippen LogP contribution is 2.23. The van der Waals surface area contributed by atoms with E-state index in [0.29, 0.717) is 6.42 Å². The summed E-state index contributed by atoms with van der Waals surface area (Å²) in [4.78, 5) is 0. The molecule has 0 atom stereocenters. The van der Waals surface area contributed by atoms with E-state index in [9.17, 15) is 8.78 Å². The third-order valence-electron chi connectivity index (χ3n) is 1.79. The highest BCUT2D eigenvalue weighted by Gasteiger charge is 2.20. The van der Waals surface area contributed by atoms with Crippen LogP contribution in [-0.4, -0.2) is 5.92 Å². The number of hydrogen-bond acceptors (Lipinski definition) is 0. The van der Waals surface area contributed by atoms with Crippen LogP contribution >= 0.6 is 15.9 Å². The number of benzene rings is 1. The van der Waals surface area contributed by atoms with E-state index in [1.165, 1.54) is 0 Å². The molecular weight excluding hydrogens is 238 g/mol. The minimum atomic E-state index is -2.57. The van der Waals surface area contributed by atoms with Crippen molar-refractivity contribution in [1.82, 2.24) is 0 Å². The Morgan fingerprint density at radius 3 is 2.46 bits per heavy atom. The standard InChI is InChI=1S/C10H11BrF2/c1-10(12,13)7-6-8-4-2-3-5-9(8)11/h2-5H,6-7H2,1H3. The topological polar surface area (TPSA) is 0 Å². The second kappa shape index (κ2) is 4.18. The van der Waals surface area contributed by atoms with E-state index in [1.54, 1.807) is 0 Å². The molecule has 0 heterocycles. The first-order valence-electron chi connectivity index (χ1n) is 4.10. The Morgan fingerprint density at radius 1 is 1.31 bits per heavy atom. The summed E-state index contributed by atoms with van der Waals surface area (Å²) in [6.07, 6.45) is 0.306. The van der Waals surface area contributed by atoms with Gasteiger partial charge in [0.25, 0.3) is 0 Å². The van der Waals surface area contributed by atoms with Crippen LogP contribution < -0.4 is 0 Å². The lowest BCUT2D eigenvalue weighted by molar-refractivity contribution is 0.0133. The largest absolute Gasteiger partial charge is 0.245 e. The van der Waals surface area contributed by atoms with E-state index in [4.69, 9.17) is 0 Å². The van der Waals surface area contributed by atoms with Gasteiger partial charge in [-0.15, -0.1) is 0 Å². The summed E-state index contributed by atoms with van der Waals surface area (Å²) in [7, 11) is 0. The van der Waals surface area contributed by atoms with Gasteiger partial charge in [-0.05, 0) is 25.0 Å². The van der Waals surface area contributed by atoms with E-state index in [0.717, 1.165) is 17.0 Å². The van der Waals surface area contributed by atoms with Gasteiger partial charge >= 0.3 is 0 Å². The van der Waals surface area contributed by atoms with Gasteiger partial charge in [0.1, 0.15) is 0 Å². The fourth-order valence-electron chi connectivity index (χ4n) is 1.06. The van der Waals surface area contributed by atoms with Crippen LogP contribution in [0.5, 0.6) is 0 Å². The zero-order chi connectivity index (χ0) is 9.90. The molecular formula is C10H11BrF2. The number of halogens is 3. The molecule has 1 aromatic rings. The van der Waals surface area contributed by atoms with Crippen LogP contribution in [0.3, 0.4) is 0 Å². The molecule has 0 unspecified atom stereocenters. The summed E-state index contributed by atoms with van der Waals surface area (Å²) < 4.78 is 26.0. The predicted molar refractivity (Wildman–Crippen MR) is 53.1 cm³/mol. The molecule has 0 aromatic heterocycles. The molecule has 0 amide bonds. The zero-order valence-corrected chi connectivity index (χ0v) is 8.94. The summed E-state index contributed by atoms with van der Waals surface area (Å²) in [6.45, 7) is 0.948. The van der Waals surface area contributed by atoms with Gasteiger partial charge in [0.2, 0.25) is 5.92 Å². The van der Waals surface area contributed by atoms with Gasteiger partial charge in [-0.25, -0.2) is 8.78 Å². The van der Waals surface area contributed by atoms with Gasteiger partial charge in [0.15, 0.2) is 0 Å². The molecule has 72 valence electrons. The van der Waals surface area contributed by atoms with E-state index >= 15 is 0 Å². The fraction of sp³-hybridized carbons (Fsp3) is 0.400. The zero-order valence-electron chi connectivity index (χ0n) is 7.36. The minimum absolute atomic E-state index is 0.102. The average molecular weight is 249 g/mol. The van der Waals surface area contributed by atoms with Crippen LogP contribution in [0.15, 0.2) is 28.7 Å². The van der Waals surface area contributed by atoms with Crippen LogP contribution in [0.4, 0.5) is 8.78 Å². The summed E-state index contributed by atoms with van der Waals surface area (Å²) in [5.74, 6) is -2.57. The van der Waals surface area contributed by atoms with Crippen molar-refractivity contribution in [2.24, 2.45) is 0 Å². The third-order valence-corrected chi connectivity index (χ3v) is 2.56. The molecule has 1 rings (SSSR count). The molecule has 0 radical (unpaired) electrons. The SMILES string of the molecule is CC(F)(F)CCc1ccccc1Br. The van der Waals surface area contributed by atoms with Crippen molar-refractivity contribution in [3.05, 3.63) is 34.3 Å². The highest BCUT2D eigenvalue weighted by molar-refractivity contribution is 9.10. The first kappa shape index (κ1) is 10.6. The van der Waals surface area contributed by atoms with Gasteiger partial charge in [-0.1, -0.05) is 34.1 Å². The fourth-order valence-corrected chi connectivity index (χ4v) is 1.54.